The number of benzene rings is 2. The van der Waals surface area contributed by atoms with Gasteiger partial charge < -0.3 is 10.1 Å². The molecule has 5 heteroatoms. The number of thiophene rings is 1. The zero-order valence-electron chi connectivity index (χ0n) is 14.9. The lowest BCUT2D eigenvalue weighted by Crippen LogP contribution is -1.98. The summed E-state index contributed by atoms with van der Waals surface area (Å²) in [6.07, 6.45) is 1.60. The number of nitrogens with zero attached hydrogens (tertiary/aromatic N) is 2. The van der Waals surface area contributed by atoms with Gasteiger partial charge in [0.2, 0.25) is 0 Å². The predicted molar refractivity (Wildman–Crippen MR) is 109 cm³/mol. The fourth-order valence-corrected chi connectivity index (χ4v) is 3.88. The van der Waals surface area contributed by atoms with Gasteiger partial charge in [-0.25, -0.2) is 9.97 Å². The Morgan fingerprint density at radius 3 is 2.50 bits per heavy atom. The zero-order valence-corrected chi connectivity index (χ0v) is 15.7. The van der Waals surface area contributed by atoms with Crippen molar-refractivity contribution < 1.29 is 4.74 Å². The lowest BCUT2D eigenvalue weighted by atomic mass is 10.0. The third-order valence-electron chi connectivity index (χ3n) is 4.34. The van der Waals surface area contributed by atoms with Gasteiger partial charge in [0.25, 0.3) is 0 Å². The third kappa shape index (κ3) is 3.02. The number of hydrogen-bond donors (Lipinski definition) is 1. The Hall–Kier alpha value is -2.92. The van der Waals surface area contributed by atoms with Crippen LogP contribution in [0.25, 0.3) is 21.3 Å². The van der Waals surface area contributed by atoms with Crippen LogP contribution >= 0.6 is 11.3 Å². The molecule has 1 N–H and O–H groups in total. The van der Waals surface area contributed by atoms with Crippen LogP contribution < -0.4 is 10.1 Å². The van der Waals surface area contributed by atoms with Crippen LogP contribution in [0.5, 0.6) is 5.75 Å². The van der Waals surface area contributed by atoms with Crippen molar-refractivity contribution in [3.8, 4) is 16.9 Å². The maximum atomic E-state index is 5.49. The van der Waals surface area contributed by atoms with Crippen molar-refractivity contribution in [2.75, 3.05) is 12.4 Å². The van der Waals surface area contributed by atoms with Gasteiger partial charge in [0.15, 0.2) is 0 Å². The number of anilines is 2. The van der Waals surface area contributed by atoms with Crippen molar-refractivity contribution in [2.45, 2.75) is 13.8 Å². The Morgan fingerprint density at radius 1 is 0.962 bits per heavy atom. The predicted octanol–water partition coefficient (Wildman–Crippen LogP) is 5.73. The van der Waals surface area contributed by atoms with E-state index in [1.807, 2.05) is 12.1 Å². The molecule has 0 fully saturated rings. The number of aromatic nitrogens is 2. The Morgan fingerprint density at radius 2 is 1.73 bits per heavy atom. The fraction of sp³-hybridized carbons (Fsp3) is 0.143. The Bertz CT molecular complexity index is 1070. The summed E-state index contributed by atoms with van der Waals surface area (Å²) in [5, 5.41) is 6.62. The van der Waals surface area contributed by atoms with Gasteiger partial charge in [-0.15, -0.1) is 11.3 Å². The van der Waals surface area contributed by atoms with Crippen LogP contribution in [0.15, 0.2) is 54.2 Å². The highest BCUT2D eigenvalue weighted by Gasteiger charge is 2.14. The first-order valence-electron chi connectivity index (χ1n) is 8.36. The Labute approximate surface area is 156 Å². The van der Waals surface area contributed by atoms with E-state index in [0.29, 0.717) is 0 Å². The maximum absolute atomic E-state index is 5.49. The largest absolute Gasteiger partial charge is 0.495 e. The molecular weight excluding hydrogens is 342 g/mol. The van der Waals surface area contributed by atoms with E-state index < -0.39 is 0 Å². The summed E-state index contributed by atoms with van der Waals surface area (Å²) in [4.78, 5) is 9.92. The summed E-state index contributed by atoms with van der Waals surface area (Å²) >= 11 is 1.63. The second-order valence-corrected chi connectivity index (χ2v) is 7.10. The van der Waals surface area contributed by atoms with Gasteiger partial charge in [-0.1, -0.05) is 35.9 Å². The minimum absolute atomic E-state index is 0.787. The molecule has 0 aliphatic carbocycles. The van der Waals surface area contributed by atoms with Crippen LogP contribution in [0.1, 0.15) is 11.1 Å². The normalized spacial score (nSPS) is 10.9. The van der Waals surface area contributed by atoms with Gasteiger partial charge in [0.1, 0.15) is 22.7 Å². The molecular formula is C21H19N3OS. The standard InChI is InChI=1S/C21H19N3OS/c1-13-4-7-15(8-5-13)16-11-26-21-19(16)20(22-12-23-21)24-17-10-14(2)6-9-18(17)25-3/h4-12H,1-3H3,(H,22,23,24). The minimum atomic E-state index is 0.787. The van der Waals surface area contributed by atoms with Crippen LogP contribution in [0.3, 0.4) is 0 Å². The summed E-state index contributed by atoms with van der Waals surface area (Å²) in [5.41, 5.74) is 5.60. The average Bonchev–Trinajstić information content (AvgIpc) is 3.08. The molecule has 0 amide bonds. The van der Waals surface area contributed by atoms with E-state index in [1.165, 1.54) is 5.56 Å². The third-order valence-corrected chi connectivity index (χ3v) is 5.23. The highest BCUT2D eigenvalue weighted by atomic mass is 32.1. The van der Waals surface area contributed by atoms with Gasteiger partial charge in [-0.3, -0.25) is 0 Å². The highest BCUT2D eigenvalue weighted by molar-refractivity contribution is 7.17. The van der Waals surface area contributed by atoms with Gasteiger partial charge in [-0.2, -0.15) is 0 Å². The highest BCUT2D eigenvalue weighted by Crippen LogP contribution is 2.38. The Kier molecular flexibility index (Phi) is 4.31. The Balaban J connectivity index is 1.85. The molecule has 2 aromatic carbocycles. The number of ether oxygens (including phenoxy) is 1. The molecule has 0 saturated heterocycles. The molecule has 4 rings (SSSR count). The first kappa shape index (κ1) is 16.5. The first-order valence-corrected chi connectivity index (χ1v) is 9.24. The van der Waals surface area contributed by atoms with Gasteiger partial charge in [0.05, 0.1) is 18.2 Å². The minimum Gasteiger partial charge on any atom is -0.495 e. The van der Waals surface area contributed by atoms with E-state index in [4.69, 9.17) is 4.74 Å². The second-order valence-electron chi connectivity index (χ2n) is 6.25. The van der Waals surface area contributed by atoms with E-state index >= 15 is 0 Å². The summed E-state index contributed by atoms with van der Waals surface area (Å²) in [6, 6.07) is 14.6. The van der Waals surface area contributed by atoms with Gasteiger partial charge in [-0.05, 0) is 37.1 Å². The van der Waals surface area contributed by atoms with Crippen LogP contribution in [-0.2, 0) is 0 Å². The topological polar surface area (TPSA) is 47.0 Å². The summed E-state index contributed by atoms with van der Waals surface area (Å²) in [6.45, 7) is 4.15. The summed E-state index contributed by atoms with van der Waals surface area (Å²) < 4.78 is 5.49. The van der Waals surface area contributed by atoms with E-state index in [-0.39, 0.29) is 0 Å². The molecule has 26 heavy (non-hydrogen) atoms. The SMILES string of the molecule is COc1ccc(C)cc1Nc1ncnc2scc(-c3ccc(C)cc3)c12. The average molecular weight is 361 g/mol. The maximum Gasteiger partial charge on any atom is 0.143 e. The number of aryl methyl sites for hydroxylation is 2. The smallest absolute Gasteiger partial charge is 0.143 e. The molecule has 2 heterocycles. The van der Waals surface area contributed by atoms with Crippen LogP contribution in [0, 0.1) is 13.8 Å². The molecule has 4 nitrogen and oxygen atoms in total. The van der Waals surface area contributed by atoms with Gasteiger partial charge >= 0.3 is 0 Å². The zero-order chi connectivity index (χ0) is 18.1. The molecule has 0 aliphatic rings. The molecule has 0 spiro atoms. The van der Waals surface area contributed by atoms with E-state index in [1.54, 1.807) is 24.8 Å². The van der Waals surface area contributed by atoms with E-state index in [2.05, 4.69) is 64.8 Å². The van der Waals surface area contributed by atoms with Crippen LogP contribution in [0.4, 0.5) is 11.5 Å². The number of rotatable bonds is 4. The monoisotopic (exact) mass is 361 g/mol. The number of methoxy groups -OCH3 is 1. The van der Waals surface area contributed by atoms with Crippen molar-refractivity contribution in [3.63, 3.8) is 0 Å². The lowest BCUT2D eigenvalue weighted by Gasteiger charge is -2.13. The second kappa shape index (κ2) is 6.77. The molecule has 0 bridgehead atoms. The molecule has 0 saturated carbocycles. The van der Waals surface area contributed by atoms with Crippen molar-refractivity contribution in [3.05, 3.63) is 65.3 Å². The summed E-state index contributed by atoms with van der Waals surface area (Å²) in [5.74, 6) is 1.57. The van der Waals surface area contributed by atoms with Crippen molar-refractivity contribution in [1.82, 2.24) is 9.97 Å². The molecule has 0 radical (unpaired) electrons. The van der Waals surface area contributed by atoms with E-state index in [9.17, 15) is 0 Å². The van der Waals surface area contributed by atoms with Gasteiger partial charge in [0, 0.05) is 10.9 Å². The van der Waals surface area contributed by atoms with Crippen LogP contribution in [-0.4, -0.2) is 17.1 Å². The van der Waals surface area contributed by atoms with E-state index in [0.717, 1.165) is 44.2 Å². The molecule has 0 atom stereocenters. The van der Waals surface area contributed by atoms with Crippen LogP contribution in [0.2, 0.25) is 0 Å². The lowest BCUT2D eigenvalue weighted by molar-refractivity contribution is 0.416. The number of fused-ring (bicyclic) bond motifs is 1. The molecule has 2 aromatic heterocycles. The number of nitrogens with one attached hydrogen (secondary N) is 1. The van der Waals surface area contributed by atoms with Crippen molar-refractivity contribution >= 4 is 33.1 Å². The number of hydrogen-bond acceptors (Lipinski definition) is 5. The molecule has 0 unspecified atom stereocenters. The van der Waals surface area contributed by atoms with Crippen molar-refractivity contribution in [2.24, 2.45) is 0 Å². The quantitative estimate of drug-likeness (QED) is 0.504. The summed E-state index contributed by atoms with van der Waals surface area (Å²) in [7, 11) is 1.67. The molecule has 4 aromatic rings. The fourth-order valence-electron chi connectivity index (χ4n) is 2.96. The molecule has 0 aliphatic heterocycles. The van der Waals surface area contributed by atoms with Crippen molar-refractivity contribution in [1.29, 1.82) is 0 Å². The molecule has 130 valence electrons. The first-order chi connectivity index (χ1) is 12.7.